The van der Waals surface area contributed by atoms with Gasteiger partial charge in [-0.25, -0.2) is 4.39 Å². The van der Waals surface area contributed by atoms with E-state index in [0.717, 1.165) is 12.0 Å². The largest absolute Gasteiger partial charge is 0.329 e. The third kappa shape index (κ3) is 2.75. The Bertz CT molecular complexity index is 448. The number of hydrogen-bond donors (Lipinski definition) is 1. The van der Waals surface area contributed by atoms with Crippen molar-refractivity contribution in [1.82, 2.24) is 4.90 Å². The fourth-order valence-electron chi connectivity index (χ4n) is 3.76. The highest BCUT2D eigenvalue weighted by molar-refractivity contribution is 5.18. The lowest BCUT2D eigenvalue weighted by molar-refractivity contribution is 0.000832. The van der Waals surface area contributed by atoms with Crippen LogP contribution in [0.4, 0.5) is 4.39 Å². The topological polar surface area (TPSA) is 29.3 Å². The first kappa shape index (κ1) is 15.5. The fourth-order valence-corrected chi connectivity index (χ4v) is 3.76. The van der Waals surface area contributed by atoms with Crippen LogP contribution in [0.3, 0.4) is 0 Å². The predicted octanol–water partition coefficient (Wildman–Crippen LogP) is 3.41. The zero-order valence-corrected chi connectivity index (χ0v) is 12.9. The van der Waals surface area contributed by atoms with Gasteiger partial charge in [0.05, 0.1) is 0 Å². The van der Waals surface area contributed by atoms with Crippen molar-refractivity contribution in [2.75, 3.05) is 13.6 Å². The van der Waals surface area contributed by atoms with Gasteiger partial charge >= 0.3 is 0 Å². The van der Waals surface area contributed by atoms with Gasteiger partial charge in [-0.05, 0) is 31.4 Å². The van der Waals surface area contributed by atoms with Crippen molar-refractivity contribution < 1.29 is 4.39 Å². The third-order valence-electron chi connectivity index (χ3n) is 5.45. The summed E-state index contributed by atoms with van der Waals surface area (Å²) in [4.78, 5) is 2.28. The smallest absolute Gasteiger partial charge is 0.127 e. The van der Waals surface area contributed by atoms with E-state index in [1.165, 1.54) is 18.9 Å². The summed E-state index contributed by atoms with van der Waals surface area (Å²) in [5.74, 6) is 1.09. The minimum absolute atomic E-state index is 0.0000515. The van der Waals surface area contributed by atoms with E-state index < -0.39 is 0 Å². The molecule has 1 fully saturated rings. The summed E-state index contributed by atoms with van der Waals surface area (Å²) < 4.78 is 13.9. The highest BCUT2D eigenvalue weighted by atomic mass is 19.1. The lowest BCUT2D eigenvalue weighted by Gasteiger charge is -2.51. The summed E-state index contributed by atoms with van der Waals surface area (Å²) in [5.41, 5.74) is 6.91. The average molecular weight is 278 g/mol. The normalized spacial score (nSPS) is 30.7. The molecule has 0 saturated heterocycles. The number of benzene rings is 1. The third-order valence-corrected chi connectivity index (χ3v) is 5.45. The van der Waals surface area contributed by atoms with Gasteiger partial charge in [0.2, 0.25) is 0 Å². The Morgan fingerprint density at radius 1 is 1.35 bits per heavy atom. The molecule has 1 aromatic carbocycles. The van der Waals surface area contributed by atoms with E-state index in [0.29, 0.717) is 24.9 Å². The van der Waals surface area contributed by atoms with E-state index in [2.05, 4.69) is 25.8 Å². The van der Waals surface area contributed by atoms with Crippen molar-refractivity contribution in [3.8, 4) is 0 Å². The molecule has 0 amide bonds. The molecule has 1 aliphatic rings. The first-order chi connectivity index (χ1) is 9.51. The van der Waals surface area contributed by atoms with E-state index >= 15 is 0 Å². The number of halogens is 1. The van der Waals surface area contributed by atoms with Gasteiger partial charge in [0.25, 0.3) is 0 Å². The molecule has 2 N–H and O–H groups in total. The van der Waals surface area contributed by atoms with E-state index in [1.807, 2.05) is 12.1 Å². The molecule has 3 unspecified atom stereocenters. The monoisotopic (exact) mass is 278 g/mol. The van der Waals surface area contributed by atoms with E-state index in [9.17, 15) is 4.39 Å². The molecule has 1 aromatic rings. The summed E-state index contributed by atoms with van der Waals surface area (Å²) >= 11 is 0. The zero-order chi connectivity index (χ0) is 14.8. The SMILES string of the molecule is CC1CCCC(CN)(N(C)Cc2ccccc2F)C1C. The molecule has 0 radical (unpaired) electrons. The highest BCUT2D eigenvalue weighted by Gasteiger charge is 2.43. The highest BCUT2D eigenvalue weighted by Crippen LogP contribution is 2.41. The molecule has 0 spiro atoms. The molecule has 2 rings (SSSR count). The van der Waals surface area contributed by atoms with Gasteiger partial charge in [-0.2, -0.15) is 0 Å². The Labute approximate surface area is 122 Å². The second-order valence-corrected chi connectivity index (χ2v) is 6.41. The van der Waals surface area contributed by atoms with Crippen LogP contribution >= 0.6 is 0 Å². The van der Waals surface area contributed by atoms with Crippen LogP contribution in [0, 0.1) is 17.7 Å². The van der Waals surface area contributed by atoms with Crippen molar-refractivity contribution in [3.05, 3.63) is 35.6 Å². The quantitative estimate of drug-likeness (QED) is 0.914. The van der Waals surface area contributed by atoms with Crippen molar-refractivity contribution in [3.63, 3.8) is 0 Å². The van der Waals surface area contributed by atoms with Crippen molar-refractivity contribution in [2.24, 2.45) is 17.6 Å². The maximum Gasteiger partial charge on any atom is 0.127 e. The van der Waals surface area contributed by atoms with Gasteiger partial charge in [0, 0.05) is 24.2 Å². The number of nitrogens with zero attached hydrogens (tertiary/aromatic N) is 1. The number of likely N-dealkylation sites (N-methyl/N-ethyl adjacent to an activating group) is 1. The average Bonchev–Trinajstić information content (AvgIpc) is 2.44. The molecule has 0 heterocycles. The van der Waals surface area contributed by atoms with Gasteiger partial charge in [0.1, 0.15) is 5.82 Å². The maximum atomic E-state index is 13.9. The molecule has 0 aromatic heterocycles. The molecular formula is C17H27FN2. The second kappa shape index (κ2) is 6.23. The Kier molecular flexibility index (Phi) is 4.82. The molecule has 20 heavy (non-hydrogen) atoms. The van der Waals surface area contributed by atoms with Crippen LogP contribution in [-0.2, 0) is 6.54 Å². The van der Waals surface area contributed by atoms with Crippen LogP contribution < -0.4 is 5.73 Å². The number of rotatable bonds is 4. The van der Waals surface area contributed by atoms with Gasteiger partial charge in [-0.3, -0.25) is 4.90 Å². The van der Waals surface area contributed by atoms with Crippen molar-refractivity contribution >= 4 is 0 Å². The van der Waals surface area contributed by atoms with Crippen LogP contribution in [0.15, 0.2) is 24.3 Å². The molecule has 1 aliphatic carbocycles. The van der Waals surface area contributed by atoms with Gasteiger partial charge < -0.3 is 5.73 Å². The summed E-state index contributed by atoms with van der Waals surface area (Å²) in [6.45, 7) is 5.88. The Morgan fingerprint density at radius 2 is 2.05 bits per heavy atom. The summed E-state index contributed by atoms with van der Waals surface area (Å²) in [5, 5.41) is 0. The Balaban J connectivity index is 2.21. The second-order valence-electron chi connectivity index (χ2n) is 6.41. The van der Waals surface area contributed by atoms with E-state index in [1.54, 1.807) is 6.07 Å². The van der Waals surface area contributed by atoms with Crippen LogP contribution in [0.5, 0.6) is 0 Å². The molecule has 0 aliphatic heterocycles. The first-order valence-electron chi connectivity index (χ1n) is 7.66. The van der Waals surface area contributed by atoms with Crippen LogP contribution in [0.1, 0.15) is 38.7 Å². The fraction of sp³-hybridized carbons (Fsp3) is 0.647. The minimum Gasteiger partial charge on any atom is -0.329 e. The summed E-state index contributed by atoms with van der Waals surface area (Å²) in [6, 6.07) is 7.04. The van der Waals surface area contributed by atoms with E-state index in [-0.39, 0.29) is 11.4 Å². The number of nitrogens with two attached hydrogens (primary N) is 1. The molecule has 112 valence electrons. The lowest BCUT2D eigenvalue weighted by atomic mass is 9.67. The first-order valence-corrected chi connectivity index (χ1v) is 7.66. The zero-order valence-electron chi connectivity index (χ0n) is 12.9. The van der Waals surface area contributed by atoms with Crippen molar-refractivity contribution in [1.29, 1.82) is 0 Å². The lowest BCUT2D eigenvalue weighted by Crippen LogP contribution is -2.59. The standard InChI is InChI=1S/C17H27FN2/c1-13-7-6-10-17(12-19,14(13)2)20(3)11-15-8-4-5-9-16(15)18/h4-5,8-9,13-14H,6-7,10-12,19H2,1-3H3. The van der Waals surface area contributed by atoms with Gasteiger partial charge in [0.15, 0.2) is 0 Å². The maximum absolute atomic E-state index is 13.9. The molecule has 2 nitrogen and oxygen atoms in total. The van der Waals surface area contributed by atoms with Gasteiger partial charge in [-0.1, -0.05) is 44.9 Å². The van der Waals surface area contributed by atoms with Crippen LogP contribution in [0.25, 0.3) is 0 Å². The summed E-state index contributed by atoms with van der Waals surface area (Å²) in [6.07, 6.45) is 3.60. The van der Waals surface area contributed by atoms with Gasteiger partial charge in [-0.15, -0.1) is 0 Å². The molecule has 0 bridgehead atoms. The Hall–Kier alpha value is -0.930. The molecule has 3 heteroatoms. The van der Waals surface area contributed by atoms with Crippen LogP contribution in [0.2, 0.25) is 0 Å². The van der Waals surface area contributed by atoms with E-state index in [4.69, 9.17) is 5.73 Å². The van der Waals surface area contributed by atoms with Crippen LogP contribution in [-0.4, -0.2) is 24.0 Å². The molecule has 1 saturated carbocycles. The number of hydrogen-bond acceptors (Lipinski definition) is 2. The summed E-state index contributed by atoms with van der Waals surface area (Å²) in [7, 11) is 2.09. The predicted molar refractivity (Wildman–Crippen MR) is 81.8 cm³/mol. The molecular weight excluding hydrogens is 251 g/mol. The minimum atomic E-state index is -0.122. The Morgan fingerprint density at radius 3 is 2.70 bits per heavy atom. The van der Waals surface area contributed by atoms with Crippen molar-refractivity contribution in [2.45, 2.75) is 45.2 Å². The molecule has 3 atom stereocenters.